The molecule has 3 fully saturated rings. The van der Waals surface area contributed by atoms with Gasteiger partial charge in [0.05, 0.1) is 17.7 Å². The van der Waals surface area contributed by atoms with Gasteiger partial charge in [0, 0.05) is 43.7 Å². The zero-order valence-electron chi connectivity index (χ0n) is 16.1. The average molecular weight is 413 g/mol. The van der Waals surface area contributed by atoms with Crippen molar-refractivity contribution in [1.29, 1.82) is 0 Å². The number of carbonyl (C=O) groups is 3. The first-order chi connectivity index (χ1) is 13.3. The Hall–Kier alpha value is -2.59. The van der Waals surface area contributed by atoms with Crippen LogP contribution < -0.4 is 5.73 Å². The molecule has 3 aliphatic rings. The van der Waals surface area contributed by atoms with E-state index < -0.39 is 29.4 Å². The molecule has 4 rings (SSSR count). The van der Waals surface area contributed by atoms with Gasteiger partial charge in [0.2, 0.25) is 11.8 Å². The maximum Gasteiger partial charge on any atom is 0.504 e. The molecule has 3 heterocycles. The van der Waals surface area contributed by atoms with Crippen LogP contribution in [0.5, 0.6) is 0 Å². The Labute approximate surface area is 164 Å². The van der Waals surface area contributed by atoms with Crippen molar-refractivity contribution in [1.82, 2.24) is 19.6 Å². The van der Waals surface area contributed by atoms with E-state index in [9.17, 15) is 27.6 Å². The molecule has 158 valence electrons. The molecule has 1 aromatic heterocycles. The Morgan fingerprint density at radius 3 is 2.21 bits per heavy atom. The molecule has 2 N–H and O–H groups in total. The molecule has 2 aliphatic heterocycles. The van der Waals surface area contributed by atoms with E-state index in [1.54, 1.807) is 4.90 Å². The van der Waals surface area contributed by atoms with Crippen LogP contribution in [0.1, 0.15) is 30.6 Å². The van der Waals surface area contributed by atoms with Crippen LogP contribution in [0, 0.1) is 22.7 Å². The summed E-state index contributed by atoms with van der Waals surface area (Å²) in [6.07, 6.45) is -2.42. The predicted molar refractivity (Wildman–Crippen MR) is 93.0 cm³/mol. The molecule has 8 nitrogen and oxygen atoms in total. The number of aromatic nitrogens is 2. The number of likely N-dealkylation sites (tertiary alicyclic amines) is 2. The largest absolute Gasteiger partial charge is 0.504 e. The van der Waals surface area contributed by atoms with E-state index in [1.807, 2.05) is 13.8 Å². The normalized spacial score (nSPS) is 27.1. The summed E-state index contributed by atoms with van der Waals surface area (Å²) in [4.78, 5) is 40.2. The van der Waals surface area contributed by atoms with Gasteiger partial charge in [-0.2, -0.15) is 9.78 Å². The van der Waals surface area contributed by atoms with Crippen molar-refractivity contribution in [2.24, 2.45) is 28.4 Å². The maximum absolute atomic E-state index is 12.7. The topological polar surface area (TPSA) is 102 Å². The lowest BCUT2D eigenvalue weighted by Crippen LogP contribution is -2.64. The van der Waals surface area contributed by atoms with Crippen molar-refractivity contribution < 1.29 is 27.6 Å². The van der Waals surface area contributed by atoms with Crippen molar-refractivity contribution in [3.05, 3.63) is 18.0 Å². The number of halogens is 3. The van der Waals surface area contributed by atoms with Crippen LogP contribution in [0.4, 0.5) is 13.2 Å². The minimum Gasteiger partial charge on any atom is -0.369 e. The molecule has 0 aromatic carbocycles. The van der Waals surface area contributed by atoms with E-state index in [-0.39, 0.29) is 40.6 Å². The van der Waals surface area contributed by atoms with Gasteiger partial charge in [0.1, 0.15) is 0 Å². The first-order valence-electron chi connectivity index (χ1n) is 9.33. The van der Waals surface area contributed by atoms with Gasteiger partial charge in [-0.25, -0.2) is 0 Å². The lowest BCUT2D eigenvalue weighted by atomic mass is 9.71. The van der Waals surface area contributed by atoms with Gasteiger partial charge in [0.15, 0.2) is 0 Å². The summed E-state index contributed by atoms with van der Waals surface area (Å²) < 4.78 is 37.9. The fourth-order valence-electron chi connectivity index (χ4n) is 4.57. The number of hydrogen-bond acceptors (Lipinski definition) is 4. The molecule has 29 heavy (non-hydrogen) atoms. The van der Waals surface area contributed by atoms with Gasteiger partial charge >= 0.3 is 6.30 Å². The molecule has 0 unspecified atom stereocenters. The molecule has 2 saturated heterocycles. The third-order valence-corrected chi connectivity index (χ3v) is 6.50. The number of nitrogens with zero attached hydrogens (tertiary/aromatic N) is 4. The van der Waals surface area contributed by atoms with Crippen molar-refractivity contribution in [3.63, 3.8) is 0 Å². The first-order valence-corrected chi connectivity index (χ1v) is 9.33. The molecule has 2 atom stereocenters. The van der Waals surface area contributed by atoms with E-state index >= 15 is 0 Å². The number of hydrogen-bond donors (Lipinski definition) is 1. The Bertz CT molecular complexity index is 888. The van der Waals surface area contributed by atoms with E-state index in [4.69, 9.17) is 5.73 Å². The van der Waals surface area contributed by atoms with Crippen molar-refractivity contribution in [2.75, 3.05) is 26.2 Å². The number of primary amides is 1. The zero-order chi connectivity index (χ0) is 21.4. The highest BCUT2D eigenvalue weighted by Crippen LogP contribution is 2.54. The second kappa shape index (κ2) is 5.96. The van der Waals surface area contributed by atoms with Gasteiger partial charge in [-0.1, -0.05) is 13.8 Å². The zero-order valence-corrected chi connectivity index (χ0v) is 16.1. The minimum atomic E-state index is -4.72. The molecule has 1 aromatic rings. The Balaban J connectivity index is 1.47. The molecule has 0 radical (unpaired) electrons. The lowest BCUT2D eigenvalue weighted by Gasteiger charge is -2.50. The summed E-state index contributed by atoms with van der Waals surface area (Å²) >= 11 is 0. The monoisotopic (exact) mass is 413 g/mol. The summed E-state index contributed by atoms with van der Waals surface area (Å²) in [7, 11) is 0. The van der Waals surface area contributed by atoms with Crippen LogP contribution in [0.25, 0.3) is 0 Å². The third-order valence-electron chi connectivity index (χ3n) is 6.50. The van der Waals surface area contributed by atoms with Crippen LogP contribution in [0.3, 0.4) is 0 Å². The third kappa shape index (κ3) is 3.16. The first kappa shape index (κ1) is 19.7. The molecule has 1 saturated carbocycles. The molecule has 1 spiro atoms. The quantitative estimate of drug-likeness (QED) is 0.792. The van der Waals surface area contributed by atoms with Crippen LogP contribution in [0.15, 0.2) is 12.4 Å². The smallest absolute Gasteiger partial charge is 0.369 e. The summed E-state index contributed by atoms with van der Waals surface area (Å²) in [5.41, 5.74) is 4.67. The molecule has 11 heteroatoms. The predicted octanol–water partition coefficient (Wildman–Crippen LogP) is 0.791. The number of rotatable bonds is 3. The number of alkyl halides is 3. The Morgan fingerprint density at radius 2 is 1.72 bits per heavy atom. The maximum atomic E-state index is 12.7. The summed E-state index contributed by atoms with van der Waals surface area (Å²) in [6.45, 7) is 4.86. The van der Waals surface area contributed by atoms with Crippen LogP contribution in [-0.4, -0.2) is 63.5 Å². The summed E-state index contributed by atoms with van der Waals surface area (Å²) in [5.74, 6) is -1.86. The SMILES string of the molecule is CC1(C)C[C@@H]1C(=O)N1CC2(CN(C(=O)c3cnn(C(F)(F)F)c3)C[C@H]2C(N)=O)C1. The van der Waals surface area contributed by atoms with Gasteiger partial charge in [-0.15, -0.1) is 13.2 Å². The second-order valence-electron chi connectivity index (χ2n) is 9.08. The van der Waals surface area contributed by atoms with Crippen molar-refractivity contribution >= 4 is 17.7 Å². The molecule has 1 aliphatic carbocycles. The number of amides is 3. The summed E-state index contributed by atoms with van der Waals surface area (Å²) in [6, 6.07) is 0. The number of carbonyl (C=O) groups excluding carboxylic acids is 3. The van der Waals surface area contributed by atoms with Crippen molar-refractivity contribution in [2.45, 2.75) is 26.6 Å². The molecule has 0 bridgehead atoms. The van der Waals surface area contributed by atoms with E-state index in [1.165, 1.54) is 4.90 Å². The Morgan fingerprint density at radius 1 is 1.14 bits per heavy atom. The van der Waals surface area contributed by atoms with Crippen molar-refractivity contribution in [3.8, 4) is 0 Å². The molecular formula is C18H22F3N5O3. The van der Waals surface area contributed by atoms with Gasteiger partial charge in [0.25, 0.3) is 5.91 Å². The minimum absolute atomic E-state index is 0.0146. The van der Waals surface area contributed by atoms with E-state index in [2.05, 4.69) is 5.10 Å². The second-order valence-corrected chi connectivity index (χ2v) is 9.08. The lowest BCUT2D eigenvalue weighted by molar-refractivity contribution is -0.212. The van der Waals surface area contributed by atoms with Crippen LogP contribution in [-0.2, 0) is 15.9 Å². The average Bonchev–Trinajstić information content (AvgIpc) is 2.98. The Kier molecular flexibility index (Phi) is 4.05. The van der Waals surface area contributed by atoms with Crippen LogP contribution >= 0.6 is 0 Å². The van der Waals surface area contributed by atoms with E-state index in [0.717, 1.165) is 12.6 Å². The number of nitrogens with two attached hydrogens (primary N) is 1. The fourth-order valence-corrected chi connectivity index (χ4v) is 4.57. The molecular weight excluding hydrogens is 391 g/mol. The fraction of sp³-hybridized carbons (Fsp3) is 0.667. The van der Waals surface area contributed by atoms with E-state index in [0.29, 0.717) is 19.3 Å². The highest BCUT2D eigenvalue weighted by atomic mass is 19.4. The highest BCUT2D eigenvalue weighted by Gasteiger charge is 2.61. The summed E-state index contributed by atoms with van der Waals surface area (Å²) in [5, 5.41) is 3.18. The molecule has 3 amide bonds. The standard InChI is InChI=1S/C18H22F3N5O3/c1-16(2)3-11(16)15(29)25-8-17(9-25)7-24(6-12(17)13(22)27)14(28)10-4-23-26(5-10)18(19,20)21/h4-5,11-12H,3,6-9H2,1-2H3,(H2,22,27)/t11-,12+/m1/s1. The van der Waals surface area contributed by atoms with Gasteiger partial charge < -0.3 is 15.5 Å². The van der Waals surface area contributed by atoms with Gasteiger partial charge in [-0.3, -0.25) is 14.4 Å². The van der Waals surface area contributed by atoms with Crippen LogP contribution in [0.2, 0.25) is 0 Å². The highest BCUT2D eigenvalue weighted by molar-refractivity contribution is 5.95. The van der Waals surface area contributed by atoms with Gasteiger partial charge in [-0.05, 0) is 11.8 Å².